The molecule has 0 spiro atoms. The number of aryl methyl sites for hydroxylation is 1. The number of rotatable bonds is 6. The van der Waals surface area contributed by atoms with E-state index < -0.39 is 0 Å². The van der Waals surface area contributed by atoms with E-state index in [-0.39, 0.29) is 11.5 Å². The molecular weight excluding hydrogens is 408 g/mol. The normalized spacial score (nSPS) is 14.3. The molecule has 6 nitrogen and oxygen atoms in total. The maximum atomic E-state index is 12.9. The van der Waals surface area contributed by atoms with E-state index in [1.54, 1.807) is 4.57 Å². The molecule has 1 saturated heterocycles. The molecule has 0 bridgehead atoms. The molecule has 4 rings (SSSR count). The highest BCUT2D eigenvalue weighted by molar-refractivity contribution is 7.99. The summed E-state index contributed by atoms with van der Waals surface area (Å²) in [6.07, 6.45) is 0.836. The summed E-state index contributed by atoms with van der Waals surface area (Å²) in [6, 6.07) is 15.9. The lowest BCUT2D eigenvalue weighted by molar-refractivity contribution is -0.128. The van der Waals surface area contributed by atoms with E-state index in [1.165, 1.54) is 23.0 Å². The number of piperazine rings is 1. The van der Waals surface area contributed by atoms with Crippen LogP contribution in [0.1, 0.15) is 18.9 Å². The minimum atomic E-state index is -0.0332. The van der Waals surface area contributed by atoms with Crippen molar-refractivity contribution >= 4 is 34.3 Å². The van der Waals surface area contributed by atoms with Crippen molar-refractivity contribution in [3.05, 3.63) is 64.4 Å². The van der Waals surface area contributed by atoms with Gasteiger partial charge in [0.1, 0.15) is 0 Å². The van der Waals surface area contributed by atoms with Crippen LogP contribution in [0, 0.1) is 6.92 Å². The topological polar surface area (TPSA) is 58.4 Å². The summed E-state index contributed by atoms with van der Waals surface area (Å²) < 4.78 is 1.70. The molecule has 1 aliphatic rings. The van der Waals surface area contributed by atoms with Crippen LogP contribution >= 0.6 is 11.8 Å². The van der Waals surface area contributed by atoms with Gasteiger partial charge >= 0.3 is 0 Å². The number of anilines is 1. The summed E-state index contributed by atoms with van der Waals surface area (Å²) in [6.45, 7) is 7.81. The lowest BCUT2D eigenvalue weighted by Gasteiger charge is -2.36. The zero-order valence-corrected chi connectivity index (χ0v) is 18.9. The second-order valence-corrected chi connectivity index (χ2v) is 8.81. The summed E-state index contributed by atoms with van der Waals surface area (Å²) in [5, 5.41) is 1.25. The molecule has 1 aromatic heterocycles. The van der Waals surface area contributed by atoms with Crippen molar-refractivity contribution in [3.8, 4) is 0 Å². The summed E-state index contributed by atoms with van der Waals surface area (Å²) in [5.41, 5.74) is 3.11. The van der Waals surface area contributed by atoms with E-state index in [0.717, 1.165) is 19.5 Å². The van der Waals surface area contributed by atoms with Crippen LogP contribution in [0.5, 0.6) is 0 Å². The standard InChI is InChI=1S/C24H28N4O2S/c1-3-11-28-23(30)20-9-4-5-10-21(20)25-24(28)31-17-22(29)27-14-12-26(13-15-27)19-8-6-7-18(2)16-19/h4-10,16H,3,11-15,17H2,1-2H3. The fraction of sp³-hybridized carbons (Fsp3) is 0.375. The fourth-order valence-electron chi connectivity index (χ4n) is 3.93. The Labute approximate surface area is 186 Å². The molecule has 0 N–H and O–H groups in total. The van der Waals surface area contributed by atoms with E-state index >= 15 is 0 Å². The molecule has 1 fully saturated rings. The molecule has 1 aliphatic heterocycles. The molecule has 1 amide bonds. The second-order valence-electron chi connectivity index (χ2n) is 7.86. The van der Waals surface area contributed by atoms with Gasteiger partial charge in [-0.25, -0.2) is 4.98 Å². The van der Waals surface area contributed by atoms with Crippen molar-refractivity contribution in [1.29, 1.82) is 0 Å². The molecule has 162 valence electrons. The number of carbonyl (C=O) groups is 1. The zero-order valence-electron chi connectivity index (χ0n) is 18.1. The van der Waals surface area contributed by atoms with Gasteiger partial charge in [0, 0.05) is 38.4 Å². The number of carbonyl (C=O) groups excluding carboxylic acids is 1. The minimum Gasteiger partial charge on any atom is -0.368 e. The third-order valence-corrected chi connectivity index (χ3v) is 6.56. The van der Waals surface area contributed by atoms with E-state index in [2.05, 4.69) is 41.1 Å². The van der Waals surface area contributed by atoms with Crippen LogP contribution in [-0.2, 0) is 11.3 Å². The average molecular weight is 437 g/mol. The highest BCUT2D eigenvalue weighted by Crippen LogP contribution is 2.21. The Morgan fingerprint density at radius 1 is 1.06 bits per heavy atom. The van der Waals surface area contributed by atoms with Gasteiger partial charge in [0.25, 0.3) is 5.56 Å². The van der Waals surface area contributed by atoms with E-state index in [4.69, 9.17) is 0 Å². The first-order valence-corrected chi connectivity index (χ1v) is 11.8. The highest BCUT2D eigenvalue weighted by atomic mass is 32.2. The Morgan fingerprint density at radius 3 is 2.58 bits per heavy atom. The van der Waals surface area contributed by atoms with E-state index in [0.29, 0.717) is 41.4 Å². The second kappa shape index (κ2) is 9.56. The Kier molecular flexibility index (Phi) is 6.61. The predicted octanol–water partition coefficient (Wildman–Crippen LogP) is 3.56. The molecule has 0 radical (unpaired) electrons. The van der Waals surface area contributed by atoms with Gasteiger partial charge in [-0.1, -0.05) is 43.0 Å². The number of hydrogen-bond donors (Lipinski definition) is 0. The molecule has 7 heteroatoms. The number of fused-ring (bicyclic) bond motifs is 1. The summed E-state index contributed by atoms with van der Waals surface area (Å²) >= 11 is 1.36. The third-order valence-electron chi connectivity index (χ3n) is 5.60. The van der Waals surface area contributed by atoms with Crippen molar-refractivity contribution < 1.29 is 4.79 Å². The van der Waals surface area contributed by atoms with Crippen LogP contribution in [0.25, 0.3) is 10.9 Å². The van der Waals surface area contributed by atoms with Crippen molar-refractivity contribution in [2.24, 2.45) is 0 Å². The number of benzene rings is 2. The van der Waals surface area contributed by atoms with Gasteiger partial charge in [-0.2, -0.15) is 0 Å². The number of thioether (sulfide) groups is 1. The van der Waals surface area contributed by atoms with Crippen molar-refractivity contribution in [2.75, 3.05) is 36.8 Å². The molecule has 0 aliphatic carbocycles. The monoisotopic (exact) mass is 436 g/mol. The van der Waals surface area contributed by atoms with Gasteiger partial charge in [0.05, 0.1) is 16.7 Å². The lowest BCUT2D eigenvalue weighted by atomic mass is 10.2. The lowest BCUT2D eigenvalue weighted by Crippen LogP contribution is -2.49. The molecular formula is C24H28N4O2S. The molecule has 0 saturated carbocycles. The van der Waals surface area contributed by atoms with Crippen LogP contribution in [0.2, 0.25) is 0 Å². The minimum absolute atomic E-state index is 0.0332. The number of hydrogen-bond acceptors (Lipinski definition) is 5. The number of para-hydroxylation sites is 1. The number of amides is 1. The Balaban J connectivity index is 1.42. The maximum Gasteiger partial charge on any atom is 0.262 e. The predicted molar refractivity (Wildman–Crippen MR) is 127 cm³/mol. The van der Waals surface area contributed by atoms with Crippen LogP contribution in [0.4, 0.5) is 5.69 Å². The first kappa shape index (κ1) is 21.4. The van der Waals surface area contributed by atoms with Gasteiger partial charge in [0.15, 0.2) is 5.16 Å². The smallest absolute Gasteiger partial charge is 0.262 e. The summed E-state index contributed by atoms with van der Waals surface area (Å²) in [5.74, 6) is 0.387. The van der Waals surface area contributed by atoms with Gasteiger partial charge in [0.2, 0.25) is 5.91 Å². The van der Waals surface area contributed by atoms with Crippen molar-refractivity contribution in [3.63, 3.8) is 0 Å². The molecule has 2 heterocycles. The van der Waals surface area contributed by atoms with Crippen LogP contribution in [0.15, 0.2) is 58.5 Å². The Morgan fingerprint density at radius 2 is 1.84 bits per heavy atom. The first-order chi connectivity index (χ1) is 15.1. The van der Waals surface area contributed by atoms with E-state index in [1.807, 2.05) is 36.1 Å². The van der Waals surface area contributed by atoms with Crippen LogP contribution in [0.3, 0.4) is 0 Å². The molecule has 2 aromatic carbocycles. The summed E-state index contributed by atoms with van der Waals surface area (Å²) in [4.78, 5) is 34.7. The van der Waals surface area contributed by atoms with Gasteiger partial charge in [-0.15, -0.1) is 0 Å². The van der Waals surface area contributed by atoms with E-state index in [9.17, 15) is 9.59 Å². The highest BCUT2D eigenvalue weighted by Gasteiger charge is 2.22. The van der Waals surface area contributed by atoms with Gasteiger partial charge < -0.3 is 9.80 Å². The SMILES string of the molecule is CCCn1c(SCC(=O)N2CCN(c3cccc(C)c3)CC2)nc2ccccc2c1=O. The van der Waals surface area contributed by atoms with Gasteiger partial charge in [-0.3, -0.25) is 14.2 Å². The third kappa shape index (κ3) is 4.77. The maximum absolute atomic E-state index is 12.9. The Bertz CT molecular complexity index is 1140. The average Bonchev–Trinajstić information content (AvgIpc) is 2.80. The molecule has 0 unspecified atom stereocenters. The summed E-state index contributed by atoms with van der Waals surface area (Å²) in [7, 11) is 0. The van der Waals surface area contributed by atoms with Gasteiger partial charge in [-0.05, 0) is 43.2 Å². The Hall–Kier alpha value is -2.80. The molecule has 0 atom stereocenters. The number of nitrogens with zero attached hydrogens (tertiary/aromatic N) is 4. The first-order valence-electron chi connectivity index (χ1n) is 10.8. The molecule has 31 heavy (non-hydrogen) atoms. The quantitative estimate of drug-likeness (QED) is 0.437. The molecule has 3 aromatic rings. The van der Waals surface area contributed by atoms with Crippen molar-refractivity contribution in [2.45, 2.75) is 32.0 Å². The van der Waals surface area contributed by atoms with Crippen LogP contribution < -0.4 is 10.5 Å². The van der Waals surface area contributed by atoms with Crippen LogP contribution in [-0.4, -0.2) is 52.3 Å². The van der Waals surface area contributed by atoms with Crippen molar-refractivity contribution in [1.82, 2.24) is 14.5 Å². The fourth-order valence-corrected chi connectivity index (χ4v) is 4.86. The number of aromatic nitrogens is 2. The largest absolute Gasteiger partial charge is 0.368 e. The zero-order chi connectivity index (χ0) is 21.8.